The molecule has 0 aromatic heterocycles. The van der Waals surface area contributed by atoms with Crippen LogP contribution in [0.25, 0.3) is 0 Å². The monoisotopic (exact) mass is 291 g/mol. The van der Waals surface area contributed by atoms with Gasteiger partial charge in [-0.1, -0.05) is 6.07 Å². The zero-order valence-electron chi connectivity index (χ0n) is 11.0. The van der Waals surface area contributed by atoms with E-state index in [9.17, 15) is 18.4 Å². The Bertz CT molecular complexity index is 681. The highest BCUT2D eigenvalue weighted by atomic mass is 19.1. The molecule has 2 aromatic rings. The predicted molar refractivity (Wildman–Crippen MR) is 72.1 cm³/mol. The number of anilines is 1. The van der Waals surface area contributed by atoms with Gasteiger partial charge in [-0.05, 0) is 24.3 Å². The second-order valence-corrected chi connectivity index (χ2v) is 4.26. The van der Waals surface area contributed by atoms with Crippen LogP contribution in [0.15, 0.2) is 42.5 Å². The van der Waals surface area contributed by atoms with Crippen molar-refractivity contribution in [2.24, 2.45) is 0 Å². The molecule has 1 amide bonds. The molecular weight excluding hydrogens is 280 g/mol. The first-order valence-electron chi connectivity index (χ1n) is 6.00. The molecule has 0 aliphatic rings. The second kappa shape index (κ2) is 6.13. The van der Waals surface area contributed by atoms with Crippen LogP contribution in [-0.2, 0) is 4.79 Å². The molecule has 0 heterocycles. The van der Waals surface area contributed by atoms with E-state index in [1.807, 2.05) is 0 Å². The Hall–Kier alpha value is -2.76. The topological polar surface area (TPSA) is 55.4 Å². The Morgan fingerprint density at radius 3 is 2.33 bits per heavy atom. The van der Waals surface area contributed by atoms with E-state index in [1.165, 1.54) is 19.1 Å². The maximum Gasteiger partial charge on any atom is 0.343 e. The van der Waals surface area contributed by atoms with Crippen molar-refractivity contribution < 1.29 is 23.1 Å². The van der Waals surface area contributed by atoms with Crippen LogP contribution in [0.5, 0.6) is 5.75 Å². The summed E-state index contributed by atoms with van der Waals surface area (Å²) in [6.07, 6.45) is 0. The molecule has 0 saturated heterocycles. The summed E-state index contributed by atoms with van der Waals surface area (Å²) in [7, 11) is 0. The SMILES string of the molecule is CC(=O)Nc1cccc(OC(=O)c2cc(F)cc(F)c2)c1. The molecule has 6 heteroatoms. The second-order valence-electron chi connectivity index (χ2n) is 4.26. The molecule has 0 atom stereocenters. The molecule has 0 unspecified atom stereocenters. The molecule has 0 spiro atoms. The molecule has 4 nitrogen and oxygen atoms in total. The minimum absolute atomic E-state index is 0.149. The van der Waals surface area contributed by atoms with Crippen molar-refractivity contribution in [1.82, 2.24) is 0 Å². The van der Waals surface area contributed by atoms with E-state index >= 15 is 0 Å². The average Bonchev–Trinajstić information content (AvgIpc) is 2.37. The number of hydrogen-bond acceptors (Lipinski definition) is 3. The number of esters is 1. The number of ether oxygens (including phenoxy) is 1. The summed E-state index contributed by atoms with van der Waals surface area (Å²) < 4.78 is 31.1. The third-order valence-corrected chi connectivity index (χ3v) is 2.46. The lowest BCUT2D eigenvalue weighted by atomic mass is 10.2. The van der Waals surface area contributed by atoms with Crippen LogP contribution in [0, 0.1) is 11.6 Å². The lowest BCUT2D eigenvalue weighted by Gasteiger charge is -2.07. The molecule has 0 bridgehead atoms. The molecule has 0 saturated carbocycles. The summed E-state index contributed by atoms with van der Waals surface area (Å²) in [6, 6.07) is 8.51. The fourth-order valence-electron chi connectivity index (χ4n) is 1.68. The van der Waals surface area contributed by atoms with Crippen molar-refractivity contribution in [3.63, 3.8) is 0 Å². The smallest absolute Gasteiger partial charge is 0.343 e. The van der Waals surface area contributed by atoms with E-state index in [0.29, 0.717) is 11.8 Å². The van der Waals surface area contributed by atoms with Gasteiger partial charge in [-0.2, -0.15) is 0 Å². The highest BCUT2D eigenvalue weighted by molar-refractivity contribution is 5.92. The molecule has 108 valence electrons. The number of rotatable bonds is 3. The Morgan fingerprint density at radius 1 is 1.05 bits per heavy atom. The van der Waals surface area contributed by atoms with Crippen LogP contribution in [0.2, 0.25) is 0 Å². The molecule has 0 radical (unpaired) electrons. The Balaban J connectivity index is 2.17. The van der Waals surface area contributed by atoms with Crippen LogP contribution in [-0.4, -0.2) is 11.9 Å². The molecule has 2 aromatic carbocycles. The van der Waals surface area contributed by atoms with Crippen LogP contribution in [0.4, 0.5) is 14.5 Å². The summed E-state index contributed by atoms with van der Waals surface area (Å²) in [5.41, 5.74) is 0.204. The Kier molecular flexibility index (Phi) is 4.27. The fraction of sp³-hybridized carbons (Fsp3) is 0.0667. The van der Waals surface area contributed by atoms with Crippen LogP contribution < -0.4 is 10.1 Å². The number of hydrogen-bond donors (Lipinski definition) is 1. The van der Waals surface area contributed by atoms with Gasteiger partial charge in [0.1, 0.15) is 17.4 Å². The maximum atomic E-state index is 13.0. The van der Waals surface area contributed by atoms with Gasteiger partial charge in [-0.25, -0.2) is 13.6 Å². The third-order valence-electron chi connectivity index (χ3n) is 2.46. The van der Waals surface area contributed by atoms with E-state index in [1.54, 1.807) is 12.1 Å². The van der Waals surface area contributed by atoms with Crippen molar-refractivity contribution in [2.75, 3.05) is 5.32 Å². The standard InChI is InChI=1S/C15H11F2NO3/c1-9(19)18-13-3-2-4-14(8-13)21-15(20)10-5-11(16)7-12(17)6-10/h2-8H,1H3,(H,18,19). The minimum Gasteiger partial charge on any atom is -0.423 e. The van der Waals surface area contributed by atoms with Crippen molar-refractivity contribution in [1.29, 1.82) is 0 Å². The van der Waals surface area contributed by atoms with Gasteiger partial charge in [0.2, 0.25) is 5.91 Å². The van der Waals surface area contributed by atoms with Gasteiger partial charge >= 0.3 is 5.97 Å². The highest BCUT2D eigenvalue weighted by Gasteiger charge is 2.12. The van der Waals surface area contributed by atoms with Gasteiger partial charge in [0, 0.05) is 24.7 Å². The quantitative estimate of drug-likeness (QED) is 0.698. The summed E-state index contributed by atoms with van der Waals surface area (Å²) in [6.45, 7) is 1.34. The molecule has 0 aliphatic carbocycles. The molecule has 0 fully saturated rings. The van der Waals surface area contributed by atoms with Crippen molar-refractivity contribution >= 4 is 17.6 Å². The molecule has 1 N–H and O–H groups in total. The van der Waals surface area contributed by atoms with Crippen molar-refractivity contribution in [2.45, 2.75) is 6.92 Å². The Morgan fingerprint density at radius 2 is 1.71 bits per heavy atom. The third kappa shape index (κ3) is 4.10. The number of carbonyl (C=O) groups is 2. The number of nitrogens with one attached hydrogen (secondary N) is 1. The normalized spacial score (nSPS) is 10.0. The average molecular weight is 291 g/mol. The zero-order valence-corrected chi connectivity index (χ0v) is 11.0. The number of amides is 1. The Labute approximate surface area is 119 Å². The summed E-state index contributed by atoms with van der Waals surface area (Å²) in [5.74, 6) is -2.75. The number of carbonyl (C=O) groups excluding carboxylic acids is 2. The summed E-state index contributed by atoms with van der Waals surface area (Å²) in [4.78, 5) is 22.8. The predicted octanol–water partition coefficient (Wildman–Crippen LogP) is 3.14. The highest BCUT2D eigenvalue weighted by Crippen LogP contribution is 2.19. The summed E-state index contributed by atoms with van der Waals surface area (Å²) >= 11 is 0. The first-order chi connectivity index (χ1) is 9.94. The maximum absolute atomic E-state index is 13.0. The van der Waals surface area contributed by atoms with E-state index in [-0.39, 0.29) is 17.2 Å². The number of halogens is 2. The van der Waals surface area contributed by atoms with E-state index in [0.717, 1.165) is 12.1 Å². The number of benzene rings is 2. The largest absolute Gasteiger partial charge is 0.423 e. The lowest BCUT2D eigenvalue weighted by Crippen LogP contribution is -2.10. The molecule has 2 rings (SSSR count). The van der Waals surface area contributed by atoms with Gasteiger partial charge in [-0.15, -0.1) is 0 Å². The van der Waals surface area contributed by atoms with Gasteiger partial charge in [-0.3, -0.25) is 4.79 Å². The van der Waals surface area contributed by atoms with E-state index in [2.05, 4.69) is 5.32 Å². The first-order valence-corrected chi connectivity index (χ1v) is 6.00. The van der Waals surface area contributed by atoms with Crippen molar-refractivity contribution in [3.8, 4) is 5.75 Å². The zero-order chi connectivity index (χ0) is 15.4. The van der Waals surface area contributed by atoms with Crippen LogP contribution in [0.3, 0.4) is 0 Å². The van der Waals surface area contributed by atoms with E-state index < -0.39 is 17.6 Å². The van der Waals surface area contributed by atoms with E-state index in [4.69, 9.17) is 4.74 Å². The van der Waals surface area contributed by atoms with Gasteiger partial charge < -0.3 is 10.1 Å². The van der Waals surface area contributed by atoms with Gasteiger partial charge in [0.15, 0.2) is 0 Å². The van der Waals surface area contributed by atoms with Crippen LogP contribution in [0.1, 0.15) is 17.3 Å². The van der Waals surface area contributed by atoms with Gasteiger partial charge in [0.05, 0.1) is 5.56 Å². The minimum atomic E-state index is -0.895. The van der Waals surface area contributed by atoms with Gasteiger partial charge in [0.25, 0.3) is 0 Å². The van der Waals surface area contributed by atoms with Crippen LogP contribution >= 0.6 is 0 Å². The molecular formula is C15H11F2NO3. The fourth-order valence-corrected chi connectivity index (χ4v) is 1.68. The van der Waals surface area contributed by atoms with Crippen molar-refractivity contribution in [3.05, 3.63) is 59.7 Å². The lowest BCUT2D eigenvalue weighted by molar-refractivity contribution is -0.114. The summed E-state index contributed by atoms with van der Waals surface area (Å²) in [5, 5.41) is 2.53. The first kappa shape index (κ1) is 14.6. The molecule has 21 heavy (non-hydrogen) atoms. The molecule has 0 aliphatic heterocycles.